The number of aliphatic carboxylic acids is 1. The molecule has 1 amide bonds. The highest BCUT2D eigenvalue weighted by molar-refractivity contribution is 5.91. The Kier molecular flexibility index (Phi) is 4.89. The van der Waals surface area contributed by atoms with E-state index >= 15 is 0 Å². The lowest BCUT2D eigenvalue weighted by molar-refractivity contribution is -0.137. The van der Waals surface area contributed by atoms with Crippen molar-refractivity contribution < 1.29 is 14.7 Å². The Hall–Kier alpha value is -1.84. The molecule has 0 saturated heterocycles. The number of benzene rings is 1. The van der Waals surface area contributed by atoms with E-state index < -0.39 is 5.97 Å². The standard InChI is InChI=1S/C14H19NO3/c1-9-7-8-12(11(3)10(9)2)15-13(16)5-4-6-14(17)18/h7-8H,4-6H2,1-3H3,(H,15,16)(H,17,18). The Labute approximate surface area is 107 Å². The normalized spacial score (nSPS) is 10.2. The maximum atomic E-state index is 11.6. The number of amides is 1. The van der Waals surface area contributed by atoms with Gasteiger partial charge in [-0.05, 0) is 49.9 Å². The minimum Gasteiger partial charge on any atom is -0.481 e. The maximum absolute atomic E-state index is 11.6. The molecule has 0 heterocycles. The fraction of sp³-hybridized carbons (Fsp3) is 0.429. The van der Waals surface area contributed by atoms with Crippen LogP contribution in [0.15, 0.2) is 12.1 Å². The summed E-state index contributed by atoms with van der Waals surface area (Å²) in [6, 6.07) is 3.85. The van der Waals surface area contributed by atoms with Crippen LogP contribution in [-0.2, 0) is 9.59 Å². The number of carbonyl (C=O) groups excluding carboxylic acids is 1. The summed E-state index contributed by atoms with van der Waals surface area (Å²) in [5, 5.41) is 11.3. The number of aryl methyl sites for hydroxylation is 1. The lowest BCUT2D eigenvalue weighted by Crippen LogP contribution is -2.13. The van der Waals surface area contributed by atoms with Crippen molar-refractivity contribution in [1.29, 1.82) is 0 Å². The van der Waals surface area contributed by atoms with Crippen LogP contribution in [0.25, 0.3) is 0 Å². The molecule has 0 radical (unpaired) electrons. The molecule has 0 bridgehead atoms. The summed E-state index contributed by atoms with van der Waals surface area (Å²) in [5.74, 6) is -1.01. The van der Waals surface area contributed by atoms with Crippen LogP contribution in [0.4, 0.5) is 5.69 Å². The molecule has 0 fully saturated rings. The number of carboxylic acids is 1. The zero-order valence-corrected chi connectivity index (χ0v) is 11.0. The van der Waals surface area contributed by atoms with Crippen LogP contribution in [0.3, 0.4) is 0 Å². The van der Waals surface area contributed by atoms with Crippen LogP contribution in [0.5, 0.6) is 0 Å². The molecule has 0 atom stereocenters. The SMILES string of the molecule is Cc1ccc(NC(=O)CCCC(=O)O)c(C)c1C. The number of carboxylic acid groups (broad SMARTS) is 1. The number of hydrogen-bond acceptors (Lipinski definition) is 2. The first kappa shape index (κ1) is 14.2. The molecule has 0 aliphatic heterocycles. The number of hydrogen-bond donors (Lipinski definition) is 2. The molecule has 0 saturated carbocycles. The van der Waals surface area contributed by atoms with Crippen LogP contribution >= 0.6 is 0 Å². The van der Waals surface area contributed by atoms with Crippen molar-refractivity contribution in [2.45, 2.75) is 40.0 Å². The summed E-state index contributed by atoms with van der Waals surface area (Å²) in [5.41, 5.74) is 4.22. The number of anilines is 1. The molecule has 0 aliphatic carbocycles. The first-order valence-electron chi connectivity index (χ1n) is 6.00. The van der Waals surface area contributed by atoms with Crippen molar-refractivity contribution in [3.63, 3.8) is 0 Å². The summed E-state index contributed by atoms with van der Waals surface area (Å²) in [6.45, 7) is 6.01. The molecule has 0 aromatic heterocycles. The Balaban J connectivity index is 2.60. The van der Waals surface area contributed by atoms with Gasteiger partial charge in [-0.1, -0.05) is 6.07 Å². The van der Waals surface area contributed by atoms with Crippen molar-refractivity contribution in [2.75, 3.05) is 5.32 Å². The Bertz CT molecular complexity index is 466. The van der Waals surface area contributed by atoms with Gasteiger partial charge in [0.05, 0.1) is 0 Å². The lowest BCUT2D eigenvalue weighted by Gasteiger charge is -2.12. The second kappa shape index (κ2) is 6.19. The largest absolute Gasteiger partial charge is 0.481 e. The molecule has 4 nitrogen and oxygen atoms in total. The average Bonchev–Trinajstić information content (AvgIpc) is 2.29. The molecule has 1 rings (SSSR count). The van der Waals surface area contributed by atoms with E-state index in [1.807, 2.05) is 32.9 Å². The fourth-order valence-corrected chi connectivity index (χ4v) is 1.70. The van der Waals surface area contributed by atoms with Crippen LogP contribution in [0.1, 0.15) is 36.0 Å². The highest BCUT2D eigenvalue weighted by Gasteiger charge is 2.08. The van der Waals surface area contributed by atoms with Gasteiger partial charge in [0, 0.05) is 18.5 Å². The van der Waals surface area contributed by atoms with Gasteiger partial charge in [-0.2, -0.15) is 0 Å². The van der Waals surface area contributed by atoms with Crippen LogP contribution < -0.4 is 5.32 Å². The highest BCUT2D eigenvalue weighted by Crippen LogP contribution is 2.21. The molecule has 0 spiro atoms. The highest BCUT2D eigenvalue weighted by atomic mass is 16.4. The summed E-state index contributed by atoms with van der Waals surface area (Å²) in [4.78, 5) is 22.0. The topological polar surface area (TPSA) is 66.4 Å². The molecule has 2 N–H and O–H groups in total. The molecular weight excluding hydrogens is 230 g/mol. The maximum Gasteiger partial charge on any atom is 0.303 e. The van der Waals surface area contributed by atoms with Crippen molar-refractivity contribution >= 4 is 17.6 Å². The molecule has 0 aliphatic rings. The summed E-state index contributed by atoms with van der Waals surface area (Å²) in [6.07, 6.45) is 0.628. The van der Waals surface area contributed by atoms with E-state index in [9.17, 15) is 9.59 Å². The summed E-state index contributed by atoms with van der Waals surface area (Å²) in [7, 11) is 0. The first-order chi connectivity index (χ1) is 8.41. The van der Waals surface area contributed by atoms with E-state index in [0.717, 1.165) is 11.3 Å². The van der Waals surface area contributed by atoms with Gasteiger partial charge in [-0.25, -0.2) is 0 Å². The smallest absolute Gasteiger partial charge is 0.303 e. The molecule has 4 heteroatoms. The molecule has 1 aromatic rings. The van der Waals surface area contributed by atoms with E-state index in [2.05, 4.69) is 5.32 Å². The Morgan fingerprint density at radius 2 is 1.78 bits per heavy atom. The van der Waals surface area contributed by atoms with Gasteiger partial charge in [-0.3, -0.25) is 9.59 Å². The minimum absolute atomic E-state index is 0.0271. The van der Waals surface area contributed by atoms with E-state index in [4.69, 9.17) is 5.11 Å². The number of nitrogens with one attached hydrogen (secondary N) is 1. The molecule has 98 valence electrons. The van der Waals surface area contributed by atoms with Gasteiger partial charge in [0.1, 0.15) is 0 Å². The number of carbonyl (C=O) groups is 2. The van der Waals surface area contributed by atoms with Gasteiger partial charge < -0.3 is 10.4 Å². The molecule has 18 heavy (non-hydrogen) atoms. The Morgan fingerprint density at radius 3 is 2.39 bits per heavy atom. The molecule has 1 aromatic carbocycles. The fourth-order valence-electron chi connectivity index (χ4n) is 1.70. The van der Waals surface area contributed by atoms with Crippen LogP contribution in [-0.4, -0.2) is 17.0 Å². The van der Waals surface area contributed by atoms with Crippen LogP contribution in [0, 0.1) is 20.8 Å². The molecule has 0 unspecified atom stereocenters. The second-order valence-corrected chi connectivity index (χ2v) is 4.48. The van der Waals surface area contributed by atoms with E-state index in [1.165, 1.54) is 11.1 Å². The number of rotatable bonds is 5. The zero-order chi connectivity index (χ0) is 13.7. The quantitative estimate of drug-likeness (QED) is 0.843. The van der Waals surface area contributed by atoms with E-state index in [-0.39, 0.29) is 18.7 Å². The van der Waals surface area contributed by atoms with Gasteiger partial charge in [0.2, 0.25) is 5.91 Å². The predicted octanol–water partition coefficient (Wildman–Crippen LogP) is 2.81. The second-order valence-electron chi connectivity index (χ2n) is 4.48. The average molecular weight is 249 g/mol. The van der Waals surface area contributed by atoms with Gasteiger partial charge >= 0.3 is 5.97 Å². The van der Waals surface area contributed by atoms with Crippen molar-refractivity contribution in [2.24, 2.45) is 0 Å². The first-order valence-corrected chi connectivity index (χ1v) is 6.00. The van der Waals surface area contributed by atoms with Crippen molar-refractivity contribution in [1.82, 2.24) is 0 Å². The van der Waals surface area contributed by atoms with E-state index in [0.29, 0.717) is 6.42 Å². The minimum atomic E-state index is -0.870. The van der Waals surface area contributed by atoms with E-state index in [1.54, 1.807) is 0 Å². The Morgan fingerprint density at radius 1 is 1.11 bits per heavy atom. The van der Waals surface area contributed by atoms with Crippen molar-refractivity contribution in [3.8, 4) is 0 Å². The monoisotopic (exact) mass is 249 g/mol. The summed E-state index contributed by atoms with van der Waals surface area (Å²) < 4.78 is 0. The zero-order valence-electron chi connectivity index (χ0n) is 11.0. The summed E-state index contributed by atoms with van der Waals surface area (Å²) >= 11 is 0. The predicted molar refractivity (Wildman–Crippen MR) is 70.8 cm³/mol. The van der Waals surface area contributed by atoms with Crippen LogP contribution in [0.2, 0.25) is 0 Å². The third kappa shape index (κ3) is 3.87. The van der Waals surface area contributed by atoms with Gasteiger partial charge in [-0.15, -0.1) is 0 Å². The van der Waals surface area contributed by atoms with Gasteiger partial charge in [0.15, 0.2) is 0 Å². The van der Waals surface area contributed by atoms with Crippen molar-refractivity contribution in [3.05, 3.63) is 28.8 Å². The van der Waals surface area contributed by atoms with Gasteiger partial charge in [0.25, 0.3) is 0 Å². The molecular formula is C14H19NO3. The lowest BCUT2D eigenvalue weighted by atomic mass is 10.0. The third-order valence-electron chi connectivity index (χ3n) is 3.13. The third-order valence-corrected chi connectivity index (χ3v) is 3.13.